The summed E-state index contributed by atoms with van der Waals surface area (Å²) in [6.45, 7) is 10.5. The van der Waals surface area contributed by atoms with Crippen LogP contribution in [0.25, 0.3) is 22.3 Å². The monoisotopic (exact) mass is 874 g/mol. The Balaban J connectivity index is 0.000000275. The minimum Gasteiger partial charge on any atom is -0.599 e. The predicted octanol–water partition coefficient (Wildman–Crippen LogP) is 5.04. The molecule has 6 rings (SSSR count). The minimum absolute atomic E-state index is 0. The number of benzene rings is 4. The molecule has 0 spiro atoms. The molecular formula is C47H59ClN4O10-2. The van der Waals surface area contributed by atoms with E-state index in [0.29, 0.717) is 65.9 Å². The molecule has 0 aromatic heterocycles. The van der Waals surface area contributed by atoms with Crippen LogP contribution in [0.5, 0.6) is 0 Å². The van der Waals surface area contributed by atoms with Crippen LogP contribution in [0, 0.1) is 0 Å². The second-order valence-corrected chi connectivity index (χ2v) is 15.0. The molecule has 0 fully saturated rings. The van der Waals surface area contributed by atoms with Crippen LogP contribution in [0.3, 0.4) is 0 Å². The van der Waals surface area contributed by atoms with Crippen molar-refractivity contribution >= 4 is 30.7 Å². The van der Waals surface area contributed by atoms with Crippen molar-refractivity contribution in [3.8, 4) is 22.3 Å². The third kappa shape index (κ3) is 15.6. The van der Waals surface area contributed by atoms with Crippen molar-refractivity contribution in [3.63, 3.8) is 0 Å². The number of alkyl carbamates (subject to hydrolysis) is 1. The summed E-state index contributed by atoms with van der Waals surface area (Å²) in [5, 5.41) is 26.6. The lowest BCUT2D eigenvalue weighted by atomic mass is 9.98. The molecule has 62 heavy (non-hydrogen) atoms. The maximum atomic E-state index is 12.1. The second-order valence-electron chi connectivity index (χ2n) is 15.0. The van der Waals surface area contributed by atoms with Gasteiger partial charge in [0.2, 0.25) is 0 Å². The van der Waals surface area contributed by atoms with Gasteiger partial charge in [0.1, 0.15) is 17.8 Å². The molecule has 0 heterocycles. The largest absolute Gasteiger partial charge is 0.599 e. The maximum Gasteiger partial charge on any atom is 0.407 e. The summed E-state index contributed by atoms with van der Waals surface area (Å²) >= 11 is 0. The number of ether oxygens (including phenoxy) is 7. The molecule has 0 saturated heterocycles. The summed E-state index contributed by atoms with van der Waals surface area (Å²) < 4.78 is 37.3. The van der Waals surface area contributed by atoms with E-state index in [1.807, 2.05) is 48.5 Å². The maximum absolute atomic E-state index is 12.1. The molecule has 3 N–H and O–H groups in total. The van der Waals surface area contributed by atoms with E-state index in [4.69, 9.17) is 38.9 Å². The van der Waals surface area contributed by atoms with Crippen LogP contribution < -0.4 is 21.3 Å². The number of carbonyl (C=O) groups is 1. The number of rotatable bonds is 21. The first-order chi connectivity index (χ1) is 29.7. The lowest BCUT2D eigenvalue weighted by molar-refractivity contribution is -0.252. The number of amides is 1. The zero-order chi connectivity index (χ0) is 43.3. The van der Waals surface area contributed by atoms with Crippen molar-refractivity contribution < 1.29 is 48.2 Å². The fourth-order valence-corrected chi connectivity index (χ4v) is 6.95. The highest BCUT2D eigenvalue weighted by molar-refractivity contribution is 5.85. The van der Waals surface area contributed by atoms with Crippen molar-refractivity contribution in [3.05, 3.63) is 119 Å². The summed E-state index contributed by atoms with van der Waals surface area (Å²) in [6.07, 6.45) is -1.61. The fraction of sp³-hybridized carbons (Fsp3) is 0.426. The Morgan fingerprint density at radius 2 is 0.935 bits per heavy atom. The third-order valence-electron chi connectivity index (χ3n) is 9.55. The third-order valence-corrected chi connectivity index (χ3v) is 9.55. The zero-order valence-electron chi connectivity index (χ0n) is 35.8. The van der Waals surface area contributed by atoms with E-state index < -0.39 is 23.9 Å². The molecule has 15 heteroatoms. The number of nitrogens with one attached hydrogen (secondary N) is 1. The van der Waals surface area contributed by atoms with Crippen molar-refractivity contribution in [1.29, 1.82) is 0 Å². The summed E-state index contributed by atoms with van der Waals surface area (Å²) in [5.74, 6) is 0.0669. The van der Waals surface area contributed by atoms with Crippen LogP contribution in [-0.4, -0.2) is 116 Å². The number of hydrogen-bond acceptors (Lipinski definition) is 13. The predicted molar refractivity (Wildman–Crippen MR) is 238 cm³/mol. The summed E-state index contributed by atoms with van der Waals surface area (Å²) in [6, 6.07) is 32.9. The van der Waals surface area contributed by atoms with Gasteiger partial charge in [0.15, 0.2) is 0 Å². The zero-order valence-corrected chi connectivity index (χ0v) is 36.6. The highest BCUT2D eigenvalue weighted by Gasteiger charge is 2.28. The Bertz CT molecular complexity index is 1930. The van der Waals surface area contributed by atoms with Crippen molar-refractivity contribution in [2.24, 2.45) is 15.7 Å². The molecule has 2 aliphatic carbocycles. The van der Waals surface area contributed by atoms with Crippen LogP contribution in [0.1, 0.15) is 54.9 Å². The summed E-state index contributed by atoms with van der Waals surface area (Å²) in [7, 11) is 0. The Labute approximate surface area is 370 Å². The Kier molecular flexibility index (Phi) is 21.0. The van der Waals surface area contributed by atoms with Crippen LogP contribution in [-0.2, 0) is 33.2 Å². The Hall–Kier alpha value is -5.22. The van der Waals surface area contributed by atoms with Gasteiger partial charge in [-0.2, -0.15) is 0 Å². The van der Waals surface area contributed by atoms with Crippen molar-refractivity contribution in [1.82, 2.24) is 5.32 Å². The van der Waals surface area contributed by atoms with E-state index >= 15 is 0 Å². The first kappa shape index (κ1) is 49.4. The first-order valence-electron chi connectivity index (χ1n) is 20.7. The van der Waals surface area contributed by atoms with Gasteiger partial charge in [0.05, 0.1) is 65.9 Å². The first-order valence-corrected chi connectivity index (χ1v) is 20.7. The van der Waals surface area contributed by atoms with Gasteiger partial charge in [-0.1, -0.05) is 97.1 Å². The van der Waals surface area contributed by atoms with Crippen molar-refractivity contribution in [2.45, 2.75) is 38.2 Å². The molecule has 0 radical (unpaired) electrons. The summed E-state index contributed by atoms with van der Waals surface area (Å²) in [4.78, 5) is 19.3. The van der Waals surface area contributed by atoms with Gasteiger partial charge < -0.3 is 54.4 Å². The summed E-state index contributed by atoms with van der Waals surface area (Å²) in [5.41, 5.74) is 14.3. The van der Waals surface area contributed by atoms with Gasteiger partial charge in [-0.25, -0.2) is 4.79 Å². The molecule has 2 aliphatic rings. The number of nitrogens with zero attached hydrogens (tertiary/aromatic N) is 2. The van der Waals surface area contributed by atoms with Crippen LogP contribution in [0.2, 0.25) is 0 Å². The van der Waals surface area contributed by atoms with E-state index in [1.54, 1.807) is 20.8 Å². The van der Waals surface area contributed by atoms with E-state index in [2.05, 4.69) is 63.8 Å². The fourth-order valence-electron chi connectivity index (χ4n) is 6.95. The molecule has 336 valence electrons. The van der Waals surface area contributed by atoms with Gasteiger partial charge in [0, 0.05) is 38.1 Å². The second kappa shape index (κ2) is 26.3. The molecule has 1 amide bonds. The van der Waals surface area contributed by atoms with Crippen LogP contribution in [0.4, 0.5) is 4.79 Å². The van der Waals surface area contributed by atoms with E-state index in [1.165, 1.54) is 44.5 Å². The molecule has 4 aromatic rings. The van der Waals surface area contributed by atoms with Gasteiger partial charge in [-0.05, 0) is 65.3 Å². The Morgan fingerprint density at radius 3 is 1.31 bits per heavy atom. The SMILES string of the molecule is CC(C)(C)OC(=O)NCCOCCOCCN=C([O-])OCC1c2ccccc2-c2ccccc21.Cl.NCCOCCOCCN=C([O-])OCC1c2ccccc2-c2ccccc21. The van der Waals surface area contributed by atoms with Crippen molar-refractivity contribution in [2.75, 3.05) is 92.2 Å². The molecule has 0 bridgehead atoms. The van der Waals surface area contributed by atoms with Gasteiger partial charge in [0.25, 0.3) is 0 Å². The highest BCUT2D eigenvalue weighted by atomic mass is 35.5. The van der Waals surface area contributed by atoms with Crippen LogP contribution in [0.15, 0.2) is 107 Å². The lowest BCUT2D eigenvalue weighted by Crippen LogP contribution is -2.34. The Morgan fingerprint density at radius 1 is 0.581 bits per heavy atom. The molecule has 4 aromatic carbocycles. The number of fused-ring (bicyclic) bond motifs is 6. The van der Waals surface area contributed by atoms with E-state index in [0.717, 1.165) is 0 Å². The molecule has 14 nitrogen and oxygen atoms in total. The molecule has 0 saturated carbocycles. The standard InChI is InChI=1S/C26H34N2O6.C21H26N2O4.ClH/c1-26(2,3)34-25(30)28-13-15-32-17-16-31-14-12-27-24(29)33-18-23-21-10-6-4-8-19(21)20-9-5-7-11-22(20)23;22-9-11-25-13-14-26-12-10-23-21(24)27-15-20-18-7-3-1-5-16(18)17-6-2-4-8-19(17)20;/h4-11,23H,12-18H2,1-3H3,(H,27,29)(H,28,30);1-8,20H,9-15,22H2,(H,23,24);1H/p-2. The molecule has 0 aliphatic heterocycles. The number of aliphatic imine (C=N–C) groups is 2. The normalized spacial score (nSPS) is 13.2. The van der Waals surface area contributed by atoms with E-state index in [9.17, 15) is 15.0 Å². The number of halogens is 1. The quantitative estimate of drug-likeness (QED) is 0.0649. The van der Waals surface area contributed by atoms with E-state index in [-0.39, 0.29) is 50.5 Å². The van der Waals surface area contributed by atoms with Gasteiger partial charge in [-0.3, -0.25) is 9.98 Å². The number of nitrogens with two attached hydrogens (primary N) is 1. The smallest absolute Gasteiger partial charge is 0.407 e. The topological polar surface area (TPSA) is 191 Å². The molecule has 0 atom stereocenters. The van der Waals surface area contributed by atoms with Gasteiger partial charge in [-0.15, -0.1) is 12.4 Å². The molecule has 0 unspecified atom stereocenters. The number of hydrogen-bond donors (Lipinski definition) is 2. The van der Waals surface area contributed by atoms with Gasteiger partial charge >= 0.3 is 6.09 Å². The number of carbonyl (C=O) groups excluding carboxylic acids is 1. The minimum atomic E-state index is -0.588. The lowest BCUT2D eigenvalue weighted by Gasteiger charge is -2.21. The average Bonchev–Trinajstić information content (AvgIpc) is 3.75. The average molecular weight is 875 g/mol. The highest BCUT2D eigenvalue weighted by Crippen LogP contribution is 2.45. The molecular weight excluding hydrogens is 816 g/mol. The van der Waals surface area contributed by atoms with Crippen LogP contribution >= 0.6 is 12.4 Å².